The fourth-order valence-electron chi connectivity index (χ4n) is 2.25. The highest BCUT2D eigenvalue weighted by Crippen LogP contribution is 2.22. The number of hydrogen-bond donors (Lipinski definition) is 2. The predicted molar refractivity (Wildman–Crippen MR) is 80.2 cm³/mol. The van der Waals surface area contributed by atoms with E-state index >= 15 is 0 Å². The van der Waals surface area contributed by atoms with Crippen molar-refractivity contribution in [2.24, 2.45) is 0 Å². The van der Waals surface area contributed by atoms with Crippen LogP contribution in [0, 0.1) is 0 Å². The number of nitrogens with zero attached hydrogens (tertiary/aromatic N) is 2. The topological polar surface area (TPSA) is 59.3 Å². The zero-order valence-corrected chi connectivity index (χ0v) is 12.2. The van der Waals surface area contributed by atoms with Crippen LogP contribution in [0.2, 0.25) is 0 Å². The standard InChI is InChI=1S/C15H23N3O2/c1-3-10-20-12-4-5-14-13(11-12)17-15(6-7-16-2)18(14)8-9-19/h4-5,11,16,19H,3,6-10H2,1-2H3. The SMILES string of the molecule is CCCOc1ccc2c(c1)nc(CCNC)n2CCO. The Morgan fingerprint density at radius 3 is 2.95 bits per heavy atom. The van der Waals surface area contributed by atoms with Crippen LogP contribution in [-0.4, -0.2) is 41.5 Å². The highest BCUT2D eigenvalue weighted by Gasteiger charge is 2.10. The van der Waals surface area contributed by atoms with E-state index in [1.165, 1.54) is 0 Å². The predicted octanol–water partition coefficient (Wildman–Crippen LogP) is 1.58. The van der Waals surface area contributed by atoms with Gasteiger partial charge in [0.25, 0.3) is 0 Å². The molecular weight excluding hydrogens is 254 g/mol. The number of benzene rings is 1. The second kappa shape index (κ2) is 7.26. The summed E-state index contributed by atoms with van der Waals surface area (Å²) in [5.74, 6) is 1.85. The Labute approximate surface area is 119 Å². The van der Waals surface area contributed by atoms with Gasteiger partial charge in [0.15, 0.2) is 0 Å². The fraction of sp³-hybridized carbons (Fsp3) is 0.533. The maximum absolute atomic E-state index is 9.23. The lowest BCUT2D eigenvalue weighted by molar-refractivity contribution is 0.276. The second-order valence-electron chi connectivity index (χ2n) is 4.76. The van der Waals surface area contributed by atoms with Crippen LogP contribution in [0.25, 0.3) is 11.0 Å². The first kappa shape index (κ1) is 14.8. The third-order valence-corrected chi connectivity index (χ3v) is 3.19. The molecule has 0 saturated heterocycles. The molecule has 5 heteroatoms. The fourth-order valence-corrected chi connectivity index (χ4v) is 2.25. The molecule has 1 heterocycles. The van der Waals surface area contributed by atoms with Gasteiger partial charge in [-0.05, 0) is 25.6 Å². The normalized spacial score (nSPS) is 11.2. The average Bonchev–Trinajstić information content (AvgIpc) is 2.80. The van der Waals surface area contributed by atoms with Crippen LogP contribution >= 0.6 is 0 Å². The summed E-state index contributed by atoms with van der Waals surface area (Å²) < 4.78 is 7.72. The summed E-state index contributed by atoms with van der Waals surface area (Å²) in [5, 5.41) is 12.4. The molecule has 0 saturated carbocycles. The number of imidazole rings is 1. The Morgan fingerprint density at radius 1 is 1.40 bits per heavy atom. The number of fused-ring (bicyclic) bond motifs is 1. The van der Waals surface area contributed by atoms with Gasteiger partial charge in [0, 0.05) is 25.6 Å². The minimum atomic E-state index is 0.117. The van der Waals surface area contributed by atoms with Crippen molar-refractivity contribution in [1.82, 2.24) is 14.9 Å². The lowest BCUT2D eigenvalue weighted by Gasteiger charge is -2.07. The van der Waals surface area contributed by atoms with E-state index in [1.807, 2.05) is 25.2 Å². The lowest BCUT2D eigenvalue weighted by atomic mass is 10.3. The number of aliphatic hydroxyl groups is 1. The van der Waals surface area contributed by atoms with Gasteiger partial charge in [-0.1, -0.05) is 6.92 Å². The maximum atomic E-state index is 9.23. The quantitative estimate of drug-likeness (QED) is 0.769. The van der Waals surface area contributed by atoms with Crippen LogP contribution in [-0.2, 0) is 13.0 Å². The van der Waals surface area contributed by atoms with Crippen LogP contribution < -0.4 is 10.1 Å². The molecule has 0 atom stereocenters. The van der Waals surface area contributed by atoms with Gasteiger partial charge in [0.05, 0.1) is 24.2 Å². The van der Waals surface area contributed by atoms with Gasteiger partial charge in [-0.25, -0.2) is 4.98 Å². The number of likely N-dealkylation sites (N-methyl/N-ethyl adjacent to an activating group) is 1. The highest BCUT2D eigenvalue weighted by molar-refractivity contribution is 5.77. The molecule has 0 amide bonds. The van der Waals surface area contributed by atoms with E-state index in [2.05, 4.69) is 21.8 Å². The van der Waals surface area contributed by atoms with Gasteiger partial charge in [-0.15, -0.1) is 0 Å². The van der Waals surface area contributed by atoms with Crippen molar-refractivity contribution in [3.63, 3.8) is 0 Å². The van der Waals surface area contributed by atoms with Crippen LogP contribution in [0.5, 0.6) is 5.75 Å². The van der Waals surface area contributed by atoms with E-state index in [-0.39, 0.29) is 6.61 Å². The molecule has 0 spiro atoms. The van der Waals surface area contributed by atoms with Crippen LogP contribution in [0.1, 0.15) is 19.2 Å². The monoisotopic (exact) mass is 277 g/mol. The van der Waals surface area contributed by atoms with Crippen molar-refractivity contribution in [2.45, 2.75) is 26.3 Å². The molecule has 2 aromatic rings. The zero-order valence-electron chi connectivity index (χ0n) is 12.2. The van der Waals surface area contributed by atoms with Gasteiger partial charge >= 0.3 is 0 Å². The van der Waals surface area contributed by atoms with Crippen molar-refractivity contribution >= 4 is 11.0 Å². The summed E-state index contributed by atoms with van der Waals surface area (Å²) in [6, 6.07) is 5.96. The average molecular weight is 277 g/mol. The number of ether oxygens (including phenoxy) is 1. The van der Waals surface area contributed by atoms with Gasteiger partial charge in [0.1, 0.15) is 11.6 Å². The summed E-state index contributed by atoms with van der Waals surface area (Å²) in [4.78, 5) is 4.67. The molecule has 20 heavy (non-hydrogen) atoms. The van der Waals surface area contributed by atoms with Crippen molar-refractivity contribution < 1.29 is 9.84 Å². The largest absolute Gasteiger partial charge is 0.494 e. The number of nitrogens with one attached hydrogen (secondary N) is 1. The number of hydrogen-bond acceptors (Lipinski definition) is 4. The van der Waals surface area contributed by atoms with E-state index in [4.69, 9.17) is 4.74 Å². The van der Waals surface area contributed by atoms with Gasteiger partial charge in [-0.3, -0.25) is 0 Å². The minimum absolute atomic E-state index is 0.117. The summed E-state index contributed by atoms with van der Waals surface area (Å²) >= 11 is 0. The first-order valence-electron chi connectivity index (χ1n) is 7.17. The molecule has 0 fully saturated rings. The molecular formula is C15H23N3O2. The lowest BCUT2D eigenvalue weighted by Crippen LogP contribution is -2.15. The third kappa shape index (κ3) is 3.29. The van der Waals surface area contributed by atoms with E-state index in [9.17, 15) is 5.11 Å². The molecule has 0 unspecified atom stereocenters. The Morgan fingerprint density at radius 2 is 2.25 bits per heavy atom. The Bertz CT molecular complexity index is 551. The molecule has 110 valence electrons. The molecule has 1 aromatic carbocycles. The molecule has 0 bridgehead atoms. The second-order valence-corrected chi connectivity index (χ2v) is 4.76. The molecule has 0 aliphatic heterocycles. The van der Waals surface area contributed by atoms with E-state index < -0.39 is 0 Å². The van der Waals surface area contributed by atoms with E-state index in [0.717, 1.165) is 48.6 Å². The van der Waals surface area contributed by atoms with E-state index in [0.29, 0.717) is 6.54 Å². The first-order chi connectivity index (χ1) is 9.80. The summed E-state index contributed by atoms with van der Waals surface area (Å²) in [6.07, 6.45) is 1.83. The molecule has 0 aliphatic rings. The van der Waals surface area contributed by atoms with Crippen molar-refractivity contribution in [3.05, 3.63) is 24.0 Å². The first-order valence-corrected chi connectivity index (χ1v) is 7.17. The van der Waals surface area contributed by atoms with Crippen LogP contribution in [0.15, 0.2) is 18.2 Å². The van der Waals surface area contributed by atoms with E-state index in [1.54, 1.807) is 0 Å². The Balaban J connectivity index is 2.33. The van der Waals surface area contributed by atoms with Gasteiger partial charge < -0.3 is 19.7 Å². The van der Waals surface area contributed by atoms with Crippen molar-refractivity contribution in [3.8, 4) is 5.75 Å². The van der Waals surface area contributed by atoms with Gasteiger partial charge in [0.2, 0.25) is 0 Å². The molecule has 1 aromatic heterocycles. The number of rotatable bonds is 8. The number of aliphatic hydroxyl groups excluding tert-OH is 1. The molecule has 5 nitrogen and oxygen atoms in total. The highest BCUT2D eigenvalue weighted by atomic mass is 16.5. The zero-order chi connectivity index (χ0) is 14.4. The van der Waals surface area contributed by atoms with Crippen LogP contribution in [0.4, 0.5) is 0 Å². The Kier molecular flexibility index (Phi) is 5.38. The summed E-state index contributed by atoms with van der Waals surface area (Å²) in [6.45, 7) is 4.37. The molecule has 0 radical (unpaired) electrons. The Hall–Kier alpha value is -1.59. The molecule has 0 aliphatic carbocycles. The maximum Gasteiger partial charge on any atom is 0.121 e. The van der Waals surface area contributed by atoms with Crippen molar-refractivity contribution in [2.75, 3.05) is 26.8 Å². The molecule has 2 N–H and O–H groups in total. The molecule has 2 rings (SSSR count). The summed E-state index contributed by atoms with van der Waals surface area (Å²) in [7, 11) is 1.93. The number of aromatic nitrogens is 2. The van der Waals surface area contributed by atoms with Crippen molar-refractivity contribution in [1.29, 1.82) is 0 Å². The summed E-state index contributed by atoms with van der Waals surface area (Å²) in [5.41, 5.74) is 1.98. The van der Waals surface area contributed by atoms with Gasteiger partial charge in [-0.2, -0.15) is 0 Å². The minimum Gasteiger partial charge on any atom is -0.494 e. The van der Waals surface area contributed by atoms with Crippen LogP contribution in [0.3, 0.4) is 0 Å². The smallest absolute Gasteiger partial charge is 0.121 e. The third-order valence-electron chi connectivity index (χ3n) is 3.19.